The molecule has 3 fully saturated rings. The monoisotopic (exact) mass is 686 g/mol. The molecule has 252 valence electrons. The molecule has 1 aliphatic carbocycles. The summed E-state index contributed by atoms with van der Waals surface area (Å²) < 4.78 is 36.3. The van der Waals surface area contributed by atoms with Crippen molar-refractivity contribution < 1.29 is 17.9 Å². The van der Waals surface area contributed by atoms with Gasteiger partial charge < -0.3 is 15.4 Å². The Bertz CT molecular complexity index is 1850. The number of nitrogens with two attached hydrogens (primary N) is 1. The summed E-state index contributed by atoms with van der Waals surface area (Å²) in [6.07, 6.45) is 6.21. The quantitative estimate of drug-likeness (QED) is 0.234. The highest BCUT2D eigenvalue weighted by atomic mass is 35.5. The molecule has 2 saturated heterocycles. The summed E-state index contributed by atoms with van der Waals surface area (Å²) in [6.45, 7) is 2.75. The number of hydrogen-bond donors (Lipinski definition) is 1. The van der Waals surface area contributed by atoms with Crippen molar-refractivity contribution in [1.29, 1.82) is 0 Å². The minimum absolute atomic E-state index is 0.0641. The summed E-state index contributed by atoms with van der Waals surface area (Å²) >= 11 is 6.06. The van der Waals surface area contributed by atoms with Crippen molar-refractivity contribution >= 4 is 38.3 Å². The van der Waals surface area contributed by atoms with Crippen molar-refractivity contribution in [2.45, 2.75) is 68.2 Å². The van der Waals surface area contributed by atoms with Crippen LogP contribution in [0.1, 0.15) is 44.1 Å². The molecule has 4 aromatic rings. The van der Waals surface area contributed by atoms with E-state index in [0.29, 0.717) is 50.6 Å². The van der Waals surface area contributed by atoms with Gasteiger partial charge in [-0.05, 0) is 102 Å². The number of amides is 1. The lowest BCUT2D eigenvalue weighted by Gasteiger charge is -2.42. The second kappa shape index (κ2) is 14.2. The number of fused-ring (bicyclic) bond motifs is 1. The third-order valence-electron chi connectivity index (χ3n) is 10.1. The van der Waals surface area contributed by atoms with E-state index in [1.54, 1.807) is 17.0 Å². The number of benzene rings is 4. The van der Waals surface area contributed by atoms with Crippen molar-refractivity contribution in [1.82, 2.24) is 14.1 Å². The van der Waals surface area contributed by atoms with Crippen LogP contribution in [0.15, 0.2) is 89.8 Å². The van der Waals surface area contributed by atoms with Gasteiger partial charge in [0.05, 0.1) is 11.0 Å². The normalized spacial score (nSPS) is 20.4. The average Bonchev–Trinajstić information content (AvgIpc) is 3.62. The molecule has 10 heteroatoms. The third kappa shape index (κ3) is 7.26. The van der Waals surface area contributed by atoms with Gasteiger partial charge in [-0.25, -0.2) is 8.42 Å². The number of rotatable bonds is 8. The molecule has 0 spiro atoms. The predicted octanol–water partition coefficient (Wildman–Crippen LogP) is 6.31. The topological polar surface area (TPSA) is 96.2 Å². The summed E-state index contributed by atoms with van der Waals surface area (Å²) in [5, 5.41) is 2.45. The number of halogens is 1. The van der Waals surface area contributed by atoms with Gasteiger partial charge in [0.15, 0.2) is 0 Å². The molecule has 4 aromatic carbocycles. The number of carbonyl (C=O) groups is 1. The van der Waals surface area contributed by atoms with Gasteiger partial charge in [-0.1, -0.05) is 60.1 Å². The number of hydrogen-bond acceptors (Lipinski definition) is 6. The van der Waals surface area contributed by atoms with Crippen LogP contribution in [-0.4, -0.2) is 79.3 Å². The van der Waals surface area contributed by atoms with Crippen LogP contribution in [0.5, 0.6) is 5.75 Å². The van der Waals surface area contributed by atoms with E-state index in [0.717, 1.165) is 46.1 Å². The zero-order valence-electron chi connectivity index (χ0n) is 27.1. The van der Waals surface area contributed by atoms with Gasteiger partial charge in [0.1, 0.15) is 11.8 Å². The summed E-state index contributed by atoms with van der Waals surface area (Å²) in [6, 6.07) is 26.4. The van der Waals surface area contributed by atoms with Crippen LogP contribution in [0.3, 0.4) is 0 Å². The maximum Gasteiger partial charge on any atom is 0.243 e. The van der Waals surface area contributed by atoms with Crippen molar-refractivity contribution in [3.63, 3.8) is 0 Å². The van der Waals surface area contributed by atoms with E-state index >= 15 is 0 Å². The van der Waals surface area contributed by atoms with Crippen LogP contribution in [0.2, 0.25) is 5.02 Å². The van der Waals surface area contributed by atoms with E-state index < -0.39 is 16.1 Å². The average molecular weight is 687 g/mol. The molecule has 3 aliphatic rings. The summed E-state index contributed by atoms with van der Waals surface area (Å²) in [7, 11) is -3.97. The Hall–Kier alpha value is -3.47. The van der Waals surface area contributed by atoms with Crippen LogP contribution < -0.4 is 10.5 Å². The maximum atomic E-state index is 14.3. The molecule has 48 heavy (non-hydrogen) atoms. The fourth-order valence-electron chi connectivity index (χ4n) is 7.26. The highest BCUT2D eigenvalue weighted by Gasteiger charge is 2.42. The van der Waals surface area contributed by atoms with Gasteiger partial charge >= 0.3 is 0 Å². The Labute approximate surface area is 288 Å². The summed E-state index contributed by atoms with van der Waals surface area (Å²) in [5.74, 6) is 0.662. The van der Waals surface area contributed by atoms with Crippen LogP contribution in [0, 0.1) is 0 Å². The molecule has 0 unspecified atom stereocenters. The molecule has 0 radical (unpaired) electrons. The molecule has 0 bridgehead atoms. The van der Waals surface area contributed by atoms with E-state index in [4.69, 9.17) is 22.1 Å². The second-order valence-electron chi connectivity index (χ2n) is 13.4. The molecule has 2 aliphatic heterocycles. The van der Waals surface area contributed by atoms with Crippen LogP contribution >= 0.6 is 11.6 Å². The van der Waals surface area contributed by atoms with E-state index in [-0.39, 0.29) is 29.5 Å². The van der Waals surface area contributed by atoms with Crippen LogP contribution in [0.25, 0.3) is 21.9 Å². The molecule has 8 nitrogen and oxygen atoms in total. The first-order valence-electron chi connectivity index (χ1n) is 17.1. The number of nitrogens with zero attached hydrogens (tertiary/aromatic N) is 3. The molecule has 1 saturated carbocycles. The Balaban J connectivity index is 1.11. The van der Waals surface area contributed by atoms with Gasteiger partial charge in [-0.15, -0.1) is 0 Å². The van der Waals surface area contributed by atoms with Gasteiger partial charge in [-0.2, -0.15) is 4.31 Å². The highest BCUT2D eigenvalue weighted by molar-refractivity contribution is 7.89. The van der Waals surface area contributed by atoms with E-state index in [2.05, 4.69) is 29.2 Å². The molecular formula is C38H43ClN4O4S. The fraction of sp³-hybridized carbons (Fsp3) is 0.395. The number of likely N-dealkylation sites (tertiary alicyclic amines) is 1. The zero-order chi connectivity index (χ0) is 33.3. The minimum Gasteiger partial charge on any atom is -0.490 e. The van der Waals surface area contributed by atoms with Crippen molar-refractivity contribution in [3.05, 3.63) is 95.5 Å². The minimum atomic E-state index is -3.97. The predicted molar refractivity (Wildman–Crippen MR) is 190 cm³/mol. The molecular weight excluding hydrogens is 644 g/mol. The van der Waals surface area contributed by atoms with E-state index in [1.807, 2.05) is 48.5 Å². The van der Waals surface area contributed by atoms with Gasteiger partial charge in [0.2, 0.25) is 15.9 Å². The number of piperazine rings is 1. The molecule has 2 heterocycles. The third-order valence-corrected chi connectivity index (χ3v) is 12.2. The second-order valence-corrected chi connectivity index (χ2v) is 15.8. The summed E-state index contributed by atoms with van der Waals surface area (Å²) in [5.41, 5.74) is 9.42. The van der Waals surface area contributed by atoms with Gasteiger partial charge in [-0.3, -0.25) is 9.69 Å². The molecule has 0 aromatic heterocycles. The zero-order valence-corrected chi connectivity index (χ0v) is 28.7. The lowest BCUT2D eigenvalue weighted by Crippen LogP contribution is -2.61. The van der Waals surface area contributed by atoms with Crippen molar-refractivity contribution in [2.75, 3.05) is 32.7 Å². The first-order valence-corrected chi connectivity index (χ1v) is 18.9. The lowest BCUT2D eigenvalue weighted by atomic mass is 10.0. The SMILES string of the molecule is NC1CCN(C(=O)[C@@H]2CN(Cc3ccc(-c4ccc(Cl)cc4)cc3)CCN2S(=O)(=O)c2ccc3cc(OC4CCCC4)ccc3c2)CC1. The Morgan fingerprint density at radius 3 is 2.15 bits per heavy atom. The van der Waals surface area contributed by atoms with E-state index in [9.17, 15) is 13.2 Å². The van der Waals surface area contributed by atoms with Crippen molar-refractivity contribution in [2.24, 2.45) is 5.73 Å². The molecule has 7 rings (SSSR count). The first kappa shape index (κ1) is 33.0. The van der Waals surface area contributed by atoms with E-state index in [1.165, 1.54) is 17.1 Å². The standard InChI is InChI=1S/C38H43ClN4O4S/c39-32-13-9-29(10-14-32)28-7-5-27(6-8-28)25-41-21-22-43(37(26-41)38(44)42-19-17-33(40)18-20-42)48(45,46)36-16-12-30-23-35(15-11-31(30)24-36)47-34-3-1-2-4-34/h5-16,23-24,33-34,37H,1-4,17-22,25-26,40H2/t37-/m0/s1. The molecule has 1 atom stereocenters. The fourth-order valence-corrected chi connectivity index (χ4v) is 8.99. The Kier molecular flexibility index (Phi) is 9.76. The van der Waals surface area contributed by atoms with Crippen LogP contribution in [0.4, 0.5) is 0 Å². The number of ether oxygens (including phenoxy) is 1. The lowest BCUT2D eigenvalue weighted by molar-refractivity contribution is -0.138. The molecule has 2 N–H and O–H groups in total. The molecule has 1 amide bonds. The maximum absolute atomic E-state index is 14.3. The first-order chi connectivity index (χ1) is 23.2. The van der Waals surface area contributed by atoms with Gasteiger partial charge in [0, 0.05) is 50.3 Å². The number of piperidine rings is 1. The Morgan fingerprint density at radius 2 is 1.44 bits per heavy atom. The van der Waals surface area contributed by atoms with Crippen molar-refractivity contribution in [3.8, 4) is 16.9 Å². The highest BCUT2D eigenvalue weighted by Crippen LogP contribution is 2.31. The Morgan fingerprint density at radius 1 is 0.792 bits per heavy atom. The smallest absolute Gasteiger partial charge is 0.243 e. The number of carbonyl (C=O) groups excluding carboxylic acids is 1. The largest absolute Gasteiger partial charge is 0.490 e. The van der Waals surface area contributed by atoms with Gasteiger partial charge in [0.25, 0.3) is 0 Å². The summed E-state index contributed by atoms with van der Waals surface area (Å²) in [4.78, 5) is 18.3. The number of sulfonamides is 1. The van der Waals surface area contributed by atoms with Crippen LogP contribution in [-0.2, 0) is 21.4 Å².